The normalized spacial score (nSPS) is 39.9. The zero-order valence-electron chi connectivity index (χ0n) is 20.6. The fraction of sp³-hybridized carbons (Fsp3) is 0.714. The molecule has 1 aromatic carbocycles. The topological polar surface area (TPSA) is 55.8 Å². The molecule has 1 heterocycles. The van der Waals surface area contributed by atoms with Crippen molar-refractivity contribution >= 4 is 11.9 Å². The van der Waals surface area contributed by atoms with Crippen molar-refractivity contribution in [2.24, 2.45) is 34.5 Å². The molecule has 180 valence electrons. The van der Waals surface area contributed by atoms with E-state index in [-0.39, 0.29) is 22.7 Å². The number of hydrogen-bond acceptors (Lipinski definition) is 4. The van der Waals surface area contributed by atoms with Gasteiger partial charge in [-0.05, 0) is 91.2 Å². The van der Waals surface area contributed by atoms with Gasteiger partial charge in [-0.2, -0.15) is 0 Å². The van der Waals surface area contributed by atoms with E-state index in [2.05, 4.69) is 18.7 Å². The number of piperidine rings is 1. The monoisotopic (exact) mass is 453 g/mol. The molecule has 1 amide bonds. The smallest absolute Gasteiger partial charge is 0.309 e. The quantitative estimate of drug-likeness (QED) is 0.587. The number of hydrogen-bond donors (Lipinski definition) is 0. The molecule has 3 aliphatic carbocycles. The first-order valence-electron chi connectivity index (χ1n) is 12.8. The Bertz CT molecular complexity index is 913. The predicted octanol–water partition coefficient (Wildman–Crippen LogP) is 5.22. The van der Waals surface area contributed by atoms with Crippen LogP contribution in [0.15, 0.2) is 24.3 Å². The Balaban J connectivity index is 1.28. The summed E-state index contributed by atoms with van der Waals surface area (Å²) >= 11 is 0. The van der Waals surface area contributed by atoms with E-state index >= 15 is 0 Å². The van der Waals surface area contributed by atoms with Gasteiger partial charge in [0.15, 0.2) is 0 Å². The molecule has 0 spiro atoms. The lowest BCUT2D eigenvalue weighted by Crippen LogP contribution is -2.61. The summed E-state index contributed by atoms with van der Waals surface area (Å²) in [5.74, 6) is 3.04. The van der Waals surface area contributed by atoms with Crippen LogP contribution < -0.4 is 4.74 Å². The first kappa shape index (κ1) is 22.7. The molecule has 3 saturated carbocycles. The van der Waals surface area contributed by atoms with Crippen LogP contribution in [0.3, 0.4) is 0 Å². The van der Waals surface area contributed by atoms with Crippen LogP contribution in [-0.2, 0) is 20.9 Å². The van der Waals surface area contributed by atoms with Crippen molar-refractivity contribution in [2.75, 3.05) is 14.2 Å². The highest BCUT2D eigenvalue weighted by Crippen LogP contribution is 2.66. The van der Waals surface area contributed by atoms with E-state index < -0.39 is 0 Å². The summed E-state index contributed by atoms with van der Waals surface area (Å²) in [7, 11) is 3.67. The Kier molecular flexibility index (Phi) is 5.73. The number of methoxy groups -OCH3 is 1. The summed E-state index contributed by atoms with van der Waals surface area (Å²) in [6.45, 7) is 5.15. The van der Waals surface area contributed by atoms with Gasteiger partial charge in [-0.15, -0.1) is 0 Å². The van der Waals surface area contributed by atoms with Gasteiger partial charge in [0, 0.05) is 19.5 Å². The molecule has 0 N–H and O–H groups in total. The van der Waals surface area contributed by atoms with Crippen molar-refractivity contribution in [3.63, 3.8) is 0 Å². The molecule has 0 unspecified atom stereocenters. The van der Waals surface area contributed by atoms with Crippen molar-refractivity contribution in [3.05, 3.63) is 29.8 Å². The first-order valence-corrected chi connectivity index (χ1v) is 12.8. The van der Waals surface area contributed by atoms with E-state index in [9.17, 15) is 9.59 Å². The van der Waals surface area contributed by atoms with Gasteiger partial charge in [-0.1, -0.05) is 26.0 Å². The first-order chi connectivity index (χ1) is 15.8. The van der Waals surface area contributed by atoms with Crippen LogP contribution in [0.4, 0.5) is 0 Å². The van der Waals surface area contributed by atoms with Gasteiger partial charge in [0.2, 0.25) is 5.91 Å². The minimum Gasteiger partial charge on any atom is -0.497 e. The van der Waals surface area contributed by atoms with E-state index in [1.54, 1.807) is 7.11 Å². The summed E-state index contributed by atoms with van der Waals surface area (Å²) in [6, 6.07) is 8.12. The average molecular weight is 454 g/mol. The molecule has 5 heteroatoms. The highest BCUT2D eigenvalue weighted by molar-refractivity contribution is 5.77. The standard InChI is InChI=1S/C28H39NO4/c1-27-15-13-22-20(9-12-24-28(22,2)16-14-25(30)29(24)3)21(27)10-11-23(27)26(31)33-17-18-5-7-19(32-4)8-6-18/h5-8,20-24H,9-17H2,1-4H3/t20-,21-,22-,23+,24+,27-,28+/m0/s1. The van der Waals surface area contributed by atoms with Gasteiger partial charge >= 0.3 is 5.97 Å². The largest absolute Gasteiger partial charge is 0.497 e. The maximum Gasteiger partial charge on any atom is 0.309 e. The van der Waals surface area contributed by atoms with E-state index in [0.717, 1.165) is 43.4 Å². The molecule has 4 aliphatic rings. The number of benzene rings is 1. The van der Waals surface area contributed by atoms with Crippen LogP contribution in [0.25, 0.3) is 0 Å². The second-order valence-electron chi connectivity index (χ2n) is 11.6. The number of rotatable bonds is 4. The van der Waals surface area contributed by atoms with Crippen molar-refractivity contribution in [3.8, 4) is 5.75 Å². The van der Waals surface area contributed by atoms with Crippen molar-refractivity contribution < 1.29 is 19.1 Å². The Morgan fingerprint density at radius 3 is 2.45 bits per heavy atom. The van der Waals surface area contributed by atoms with E-state index in [0.29, 0.717) is 42.7 Å². The molecule has 33 heavy (non-hydrogen) atoms. The second-order valence-corrected chi connectivity index (χ2v) is 11.6. The number of fused-ring (bicyclic) bond motifs is 5. The molecule has 5 nitrogen and oxygen atoms in total. The highest BCUT2D eigenvalue weighted by Gasteiger charge is 2.62. The molecule has 5 rings (SSSR count). The molecule has 4 fully saturated rings. The summed E-state index contributed by atoms with van der Waals surface area (Å²) < 4.78 is 11.1. The van der Waals surface area contributed by atoms with Crippen molar-refractivity contribution in [1.29, 1.82) is 0 Å². The van der Waals surface area contributed by atoms with Crippen LogP contribution >= 0.6 is 0 Å². The summed E-state index contributed by atoms with van der Waals surface area (Å²) in [4.78, 5) is 27.7. The second kappa shape index (κ2) is 8.32. The Hall–Kier alpha value is -2.04. The van der Waals surface area contributed by atoms with E-state index in [4.69, 9.17) is 9.47 Å². The number of nitrogens with zero attached hydrogens (tertiary/aromatic N) is 1. The van der Waals surface area contributed by atoms with E-state index in [1.165, 1.54) is 12.8 Å². The number of esters is 1. The van der Waals surface area contributed by atoms with Gasteiger partial charge < -0.3 is 14.4 Å². The zero-order valence-corrected chi connectivity index (χ0v) is 20.6. The van der Waals surface area contributed by atoms with Crippen LogP contribution in [0.5, 0.6) is 5.75 Å². The third-order valence-corrected chi connectivity index (χ3v) is 10.4. The van der Waals surface area contributed by atoms with Gasteiger partial charge in [0.1, 0.15) is 12.4 Å². The number of likely N-dealkylation sites (tertiary alicyclic amines) is 1. The third-order valence-electron chi connectivity index (χ3n) is 10.4. The fourth-order valence-electron chi connectivity index (χ4n) is 8.51. The Morgan fingerprint density at radius 1 is 1.00 bits per heavy atom. The predicted molar refractivity (Wildman–Crippen MR) is 126 cm³/mol. The van der Waals surface area contributed by atoms with Crippen LogP contribution in [-0.4, -0.2) is 37.0 Å². The molecule has 0 radical (unpaired) electrons. The molecular weight excluding hydrogens is 414 g/mol. The number of carbonyl (C=O) groups excluding carboxylic acids is 2. The lowest BCUT2D eigenvalue weighted by atomic mass is 9.47. The molecule has 1 aliphatic heterocycles. The van der Waals surface area contributed by atoms with Gasteiger partial charge in [-0.25, -0.2) is 0 Å². The number of carbonyl (C=O) groups is 2. The highest BCUT2D eigenvalue weighted by atomic mass is 16.5. The minimum atomic E-state index is -0.0165. The molecule has 1 aromatic rings. The molecule has 7 atom stereocenters. The molecule has 1 saturated heterocycles. The number of ether oxygens (including phenoxy) is 2. The van der Waals surface area contributed by atoms with Gasteiger partial charge in [0.05, 0.1) is 13.0 Å². The van der Waals surface area contributed by atoms with Crippen molar-refractivity contribution in [2.45, 2.75) is 77.9 Å². The van der Waals surface area contributed by atoms with Crippen LogP contribution in [0.2, 0.25) is 0 Å². The average Bonchev–Trinajstić information content (AvgIpc) is 3.18. The lowest BCUT2D eigenvalue weighted by molar-refractivity contribution is -0.166. The zero-order chi connectivity index (χ0) is 23.4. The van der Waals surface area contributed by atoms with Crippen molar-refractivity contribution in [1.82, 2.24) is 4.90 Å². The summed E-state index contributed by atoms with van der Waals surface area (Å²) in [5, 5.41) is 0. The Morgan fingerprint density at radius 2 is 1.73 bits per heavy atom. The number of amides is 1. The van der Waals surface area contributed by atoms with E-state index in [1.807, 2.05) is 31.3 Å². The molecular formula is C28H39NO4. The third kappa shape index (κ3) is 3.57. The fourth-order valence-corrected chi connectivity index (χ4v) is 8.51. The lowest BCUT2D eigenvalue weighted by Gasteiger charge is -2.61. The van der Waals surface area contributed by atoms with Crippen LogP contribution in [0, 0.1) is 34.5 Å². The molecule has 0 aromatic heterocycles. The summed E-state index contributed by atoms with van der Waals surface area (Å²) in [5.41, 5.74) is 1.26. The van der Waals surface area contributed by atoms with Gasteiger partial charge in [0.25, 0.3) is 0 Å². The maximum absolute atomic E-state index is 13.2. The Labute approximate surface area is 198 Å². The minimum absolute atomic E-state index is 0.00263. The van der Waals surface area contributed by atoms with Crippen LogP contribution in [0.1, 0.15) is 70.8 Å². The van der Waals surface area contributed by atoms with Gasteiger partial charge in [-0.3, -0.25) is 9.59 Å². The SMILES string of the molecule is COc1ccc(COC(=O)[C@H]2CC[C@H]3[C@@H]4CC[C@H]5N(C)C(=O)CC[C@]5(C)[C@H]4CC[C@]23C)cc1. The maximum atomic E-state index is 13.2. The summed E-state index contributed by atoms with van der Waals surface area (Å²) in [6.07, 6.45) is 8.37. The molecule has 0 bridgehead atoms.